The number of carbonyl (C=O) groups excluding carboxylic acids is 2. The molecule has 9 heteroatoms. The fourth-order valence-electron chi connectivity index (χ4n) is 4.97. The molecule has 1 aliphatic heterocycles. The molecule has 2 aromatic rings. The third-order valence-corrected chi connectivity index (χ3v) is 7.97. The van der Waals surface area contributed by atoms with Gasteiger partial charge in [0.2, 0.25) is 11.0 Å². The number of rotatable bonds is 5. The highest BCUT2D eigenvalue weighted by atomic mass is 32.1. The van der Waals surface area contributed by atoms with Crippen molar-refractivity contribution in [3.63, 3.8) is 0 Å². The predicted molar refractivity (Wildman–Crippen MR) is 131 cm³/mol. The Morgan fingerprint density at radius 2 is 1.71 bits per heavy atom. The summed E-state index contributed by atoms with van der Waals surface area (Å²) in [5.74, 6) is 0.508. The van der Waals surface area contributed by atoms with Gasteiger partial charge in [-0.15, -0.1) is 0 Å². The lowest BCUT2D eigenvalue weighted by Gasteiger charge is -2.40. The summed E-state index contributed by atoms with van der Waals surface area (Å²) in [5, 5.41) is 9.59. The van der Waals surface area contributed by atoms with Crippen molar-refractivity contribution in [2.75, 3.05) is 18.0 Å². The molecule has 4 rings (SSSR count). The lowest BCUT2D eigenvalue weighted by molar-refractivity contribution is -0.124. The Kier molecular flexibility index (Phi) is 7.41. The maximum absolute atomic E-state index is 13.9. The van der Waals surface area contributed by atoms with Crippen molar-refractivity contribution < 1.29 is 24.2 Å². The number of piperidine rings is 1. The molecular formula is C25H31N3O5S. The number of ether oxygens (including phenoxy) is 1. The number of carbonyl (C=O) groups is 3. The number of nitrogens with two attached hydrogens (primary N) is 1. The highest BCUT2D eigenvalue weighted by Crippen LogP contribution is 2.45. The molecule has 1 saturated carbocycles. The smallest absolute Gasteiger partial charge is 0.449 e. The van der Waals surface area contributed by atoms with E-state index < -0.39 is 12.2 Å². The fraction of sp³-hybridized carbons (Fsp3) is 0.480. The third kappa shape index (κ3) is 5.35. The number of hydrogen-bond donors (Lipinski definition) is 2. The van der Waals surface area contributed by atoms with E-state index in [9.17, 15) is 19.5 Å². The van der Waals surface area contributed by atoms with Gasteiger partial charge in [-0.25, -0.2) is 9.59 Å². The summed E-state index contributed by atoms with van der Waals surface area (Å²) in [6.07, 6.45) is 3.37. The maximum Gasteiger partial charge on any atom is 0.512 e. The van der Waals surface area contributed by atoms with Crippen LogP contribution in [-0.2, 0) is 4.79 Å². The summed E-state index contributed by atoms with van der Waals surface area (Å²) in [4.78, 5) is 41.2. The number of thiophene rings is 1. The molecule has 1 aromatic heterocycles. The zero-order valence-electron chi connectivity index (χ0n) is 19.3. The molecule has 0 unspecified atom stereocenters. The molecule has 2 fully saturated rings. The molecule has 1 aliphatic carbocycles. The minimum absolute atomic E-state index is 0.0112. The Morgan fingerprint density at radius 3 is 2.29 bits per heavy atom. The summed E-state index contributed by atoms with van der Waals surface area (Å²) in [6, 6.07) is 10.9. The molecule has 1 saturated heterocycles. The van der Waals surface area contributed by atoms with Crippen LogP contribution in [0.3, 0.4) is 0 Å². The molecule has 8 nitrogen and oxygen atoms in total. The molecule has 182 valence electrons. The number of carboxylic acid groups (broad SMARTS) is 1. The lowest BCUT2D eigenvalue weighted by Crippen LogP contribution is -2.51. The van der Waals surface area contributed by atoms with E-state index in [1.54, 1.807) is 9.80 Å². The molecule has 2 heterocycles. The topological polar surface area (TPSA) is 113 Å². The normalized spacial score (nSPS) is 21.1. The molecule has 3 N–H and O–H groups in total. The van der Waals surface area contributed by atoms with Gasteiger partial charge in [-0.2, -0.15) is 0 Å². The summed E-state index contributed by atoms with van der Waals surface area (Å²) in [7, 11) is 0. The molecule has 0 bridgehead atoms. The molecular weight excluding hydrogens is 454 g/mol. The van der Waals surface area contributed by atoms with Gasteiger partial charge in [0, 0.05) is 29.9 Å². The van der Waals surface area contributed by atoms with Crippen LogP contribution >= 0.6 is 11.3 Å². The summed E-state index contributed by atoms with van der Waals surface area (Å²) in [6.45, 7) is 3.12. The number of nitrogens with zero attached hydrogens (tertiary/aromatic N) is 2. The van der Waals surface area contributed by atoms with Crippen LogP contribution in [0.5, 0.6) is 5.06 Å². The maximum atomic E-state index is 13.9. The van der Waals surface area contributed by atoms with Crippen LogP contribution in [0, 0.1) is 11.8 Å². The van der Waals surface area contributed by atoms with Crippen LogP contribution in [0.15, 0.2) is 36.4 Å². The monoisotopic (exact) mass is 485 g/mol. The van der Waals surface area contributed by atoms with Crippen LogP contribution in [-0.4, -0.2) is 47.2 Å². The average Bonchev–Trinajstić information content (AvgIpc) is 3.23. The first-order chi connectivity index (χ1) is 16.3. The minimum atomic E-state index is -1.41. The third-order valence-electron chi connectivity index (χ3n) is 6.92. The van der Waals surface area contributed by atoms with Crippen molar-refractivity contribution in [1.29, 1.82) is 0 Å². The van der Waals surface area contributed by atoms with Crippen LogP contribution in [0.1, 0.15) is 45.4 Å². The van der Waals surface area contributed by atoms with Gasteiger partial charge in [-0.1, -0.05) is 48.6 Å². The van der Waals surface area contributed by atoms with Crippen molar-refractivity contribution in [2.24, 2.45) is 17.6 Å². The largest absolute Gasteiger partial charge is 0.512 e. The van der Waals surface area contributed by atoms with E-state index in [4.69, 9.17) is 10.5 Å². The number of likely N-dealkylation sites (tertiary alicyclic amines) is 1. The SMILES string of the molecule is CC1CCC(C(=O)N(c2cc(-c3ccccc3)sc2OC(=O)O)C2CCN(C(N)=O)CC2)CC1. The van der Waals surface area contributed by atoms with Crippen molar-refractivity contribution in [2.45, 2.75) is 51.5 Å². The lowest BCUT2D eigenvalue weighted by atomic mass is 9.82. The Labute approximate surface area is 203 Å². The van der Waals surface area contributed by atoms with Crippen molar-refractivity contribution in [3.05, 3.63) is 36.4 Å². The number of benzene rings is 1. The van der Waals surface area contributed by atoms with E-state index in [0.29, 0.717) is 37.5 Å². The average molecular weight is 486 g/mol. The summed E-state index contributed by atoms with van der Waals surface area (Å²) < 4.78 is 5.19. The molecule has 34 heavy (non-hydrogen) atoms. The van der Waals surface area contributed by atoms with Crippen molar-refractivity contribution in [1.82, 2.24) is 4.90 Å². The highest BCUT2D eigenvalue weighted by molar-refractivity contribution is 7.18. The second-order valence-corrected chi connectivity index (χ2v) is 10.3. The van der Waals surface area contributed by atoms with Gasteiger partial charge >= 0.3 is 12.2 Å². The standard InChI is InChI=1S/C25H31N3O5S/c1-16-7-9-18(10-8-16)22(29)28(19-11-13-27(14-12-19)24(26)30)20-15-21(17-5-3-2-4-6-17)34-23(20)33-25(31)32/h2-6,15-16,18-19H,7-14H2,1H3,(H2,26,30)(H,31,32). The first-order valence-corrected chi connectivity index (χ1v) is 12.6. The number of hydrogen-bond acceptors (Lipinski definition) is 5. The van der Waals surface area contributed by atoms with Crippen molar-refractivity contribution in [3.8, 4) is 15.5 Å². The molecule has 0 atom stereocenters. The summed E-state index contributed by atoms with van der Waals surface area (Å²) in [5.41, 5.74) is 6.88. The highest BCUT2D eigenvalue weighted by Gasteiger charge is 2.37. The van der Waals surface area contributed by atoms with E-state index in [1.165, 1.54) is 11.3 Å². The van der Waals surface area contributed by atoms with Crippen LogP contribution in [0.2, 0.25) is 0 Å². The number of primary amides is 1. The number of amides is 3. The minimum Gasteiger partial charge on any atom is -0.449 e. The van der Waals surface area contributed by atoms with Crippen LogP contribution in [0.4, 0.5) is 15.3 Å². The number of anilines is 1. The molecule has 2 aliphatic rings. The second kappa shape index (κ2) is 10.5. The van der Waals surface area contributed by atoms with Gasteiger partial charge in [0.1, 0.15) is 0 Å². The molecule has 0 radical (unpaired) electrons. The molecule has 0 spiro atoms. The van der Waals surface area contributed by atoms with E-state index in [2.05, 4.69) is 6.92 Å². The molecule has 1 aromatic carbocycles. The van der Waals surface area contributed by atoms with Crippen molar-refractivity contribution >= 4 is 35.1 Å². The second-order valence-electron chi connectivity index (χ2n) is 9.24. The van der Waals surface area contributed by atoms with Gasteiger partial charge in [-0.3, -0.25) is 4.79 Å². The van der Waals surface area contributed by atoms with E-state index >= 15 is 0 Å². The Hall–Kier alpha value is -3.07. The fourth-order valence-corrected chi connectivity index (χ4v) is 5.97. The van der Waals surface area contributed by atoms with Crippen LogP contribution < -0.4 is 15.4 Å². The van der Waals surface area contributed by atoms with Gasteiger partial charge in [0.25, 0.3) is 0 Å². The van der Waals surface area contributed by atoms with Gasteiger partial charge < -0.3 is 25.4 Å². The summed E-state index contributed by atoms with van der Waals surface area (Å²) >= 11 is 1.22. The van der Waals surface area contributed by atoms with E-state index in [1.807, 2.05) is 36.4 Å². The van der Waals surface area contributed by atoms with Gasteiger partial charge in [0.15, 0.2) is 0 Å². The van der Waals surface area contributed by atoms with Gasteiger partial charge in [-0.05, 0) is 56.1 Å². The quantitative estimate of drug-likeness (QED) is 0.567. The van der Waals surface area contributed by atoms with Crippen LogP contribution in [0.25, 0.3) is 10.4 Å². The Balaban J connectivity index is 1.71. The first kappa shape index (κ1) is 24.1. The number of urea groups is 1. The van der Waals surface area contributed by atoms with E-state index in [-0.39, 0.29) is 22.9 Å². The van der Waals surface area contributed by atoms with Gasteiger partial charge in [0.05, 0.1) is 5.69 Å². The molecule has 3 amide bonds. The zero-order valence-corrected chi connectivity index (χ0v) is 20.1. The Morgan fingerprint density at radius 1 is 1.06 bits per heavy atom. The zero-order chi connectivity index (χ0) is 24.2. The first-order valence-electron chi connectivity index (χ1n) is 11.8. The van der Waals surface area contributed by atoms with E-state index in [0.717, 1.165) is 36.1 Å². The predicted octanol–water partition coefficient (Wildman–Crippen LogP) is 5.17. The Bertz CT molecular complexity index is 1020.